The normalized spacial score (nSPS) is 15.4. The molecule has 0 N–H and O–H groups in total. The molecule has 1 saturated carbocycles. The predicted octanol–water partition coefficient (Wildman–Crippen LogP) is 4.49. The summed E-state index contributed by atoms with van der Waals surface area (Å²) in [6, 6.07) is 7.40. The molecule has 0 bridgehead atoms. The van der Waals surface area contributed by atoms with Crippen LogP contribution in [0.2, 0.25) is 0 Å². The molecule has 2 rings (SSSR count). The van der Waals surface area contributed by atoms with Crippen molar-refractivity contribution >= 4 is 17.7 Å². The van der Waals surface area contributed by atoms with Crippen LogP contribution in [-0.4, -0.2) is 28.9 Å². The summed E-state index contributed by atoms with van der Waals surface area (Å²) in [5.74, 6) is 3.39. The van der Waals surface area contributed by atoms with E-state index in [4.69, 9.17) is 0 Å². The summed E-state index contributed by atoms with van der Waals surface area (Å²) in [5, 5.41) is 11.1. The molecule has 1 aromatic rings. The van der Waals surface area contributed by atoms with Gasteiger partial charge in [-0.1, -0.05) is 43.2 Å². The fourth-order valence-corrected chi connectivity index (χ4v) is 3.89. The fraction of sp³-hybridized carbons (Fsp3) is 0.500. The number of alkyl halides is 3. The Bertz CT molecular complexity index is 646. The first-order chi connectivity index (χ1) is 11.9. The summed E-state index contributed by atoms with van der Waals surface area (Å²) in [7, 11) is 0. The number of carbonyl (C=O) groups is 1. The van der Waals surface area contributed by atoms with Crippen molar-refractivity contribution in [2.24, 2.45) is 0 Å². The summed E-state index contributed by atoms with van der Waals surface area (Å²) < 4.78 is 36.3. The number of hydrogen-bond donors (Lipinski definition) is 0. The summed E-state index contributed by atoms with van der Waals surface area (Å²) in [4.78, 5) is 10.7. The number of amides is 1. The first kappa shape index (κ1) is 19.7. The molecule has 0 aliphatic heterocycles. The highest BCUT2D eigenvalue weighted by atomic mass is 32.2. The number of thioether (sulfide) groups is 1. The van der Waals surface area contributed by atoms with E-state index in [-0.39, 0.29) is 0 Å². The SMILES string of the molecule is O=C(N([O-])CC#Cc1cccc(CSC2CCCCC2)c1)C(F)(F)F. The van der Waals surface area contributed by atoms with Gasteiger partial charge in [0, 0.05) is 16.6 Å². The highest BCUT2D eigenvalue weighted by Crippen LogP contribution is 2.30. The molecular weight excluding hydrogens is 351 g/mol. The fourth-order valence-electron chi connectivity index (χ4n) is 2.61. The second-order valence-corrected chi connectivity index (χ2v) is 7.20. The van der Waals surface area contributed by atoms with Crippen LogP contribution < -0.4 is 0 Å². The maximum absolute atomic E-state index is 12.1. The quantitative estimate of drug-likeness (QED) is 0.579. The number of benzene rings is 1. The van der Waals surface area contributed by atoms with Gasteiger partial charge in [0.1, 0.15) is 0 Å². The third-order valence-electron chi connectivity index (χ3n) is 3.89. The molecule has 7 heteroatoms. The predicted molar refractivity (Wildman–Crippen MR) is 92.6 cm³/mol. The number of carbonyl (C=O) groups excluding carboxylic acids is 1. The highest BCUT2D eigenvalue weighted by molar-refractivity contribution is 7.99. The van der Waals surface area contributed by atoms with E-state index in [0.717, 1.165) is 11.3 Å². The van der Waals surface area contributed by atoms with Gasteiger partial charge in [0.2, 0.25) is 0 Å². The third-order valence-corrected chi connectivity index (χ3v) is 5.33. The lowest BCUT2D eigenvalue weighted by molar-refractivity contribution is -0.182. The maximum atomic E-state index is 12.1. The topological polar surface area (TPSA) is 43.4 Å². The van der Waals surface area contributed by atoms with Crippen LogP contribution >= 0.6 is 11.8 Å². The summed E-state index contributed by atoms with van der Waals surface area (Å²) in [6.07, 6.45) is 1.21. The monoisotopic (exact) mass is 370 g/mol. The Kier molecular flexibility index (Phi) is 7.21. The zero-order valence-electron chi connectivity index (χ0n) is 13.6. The molecule has 1 amide bonds. The molecule has 0 saturated heterocycles. The van der Waals surface area contributed by atoms with Gasteiger partial charge in [-0.3, -0.25) is 4.79 Å². The molecule has 3 nitrogen and oxygen atoms in total. The van der Waals surface area contributed by atoms with Crippen LogP contribution in [0.1, 0.15) is 43.2 Å². The van der Waals surface area contributed by atoms with Gasteiger partial charge in [0.25, 0.3) is 0 Å². The van der Waals surface area contributed by atoms with Gasteiger partial charge >= 0.3 is 12.1 Å². The average molecular weight is 370 g/mol. The van der Waals surface area contributed by atoms with Gasteiger partial charge in [-0.2, -0.15) is 24.9 Å². The van der Waals surface area contributed by atoms with E-state index in [0.29, 0.717) is 10.8 Å². The smallest absolute Gasteiger partial charge is 0.470 e. The minimum Gasteiger partial charge on any atom is -0.755 e. The highest BCUT2D eigenvalue weighted by Gasteiger charge is 2.39. The Labute approximate surface area is 149 Å². The van der Waals surface area contributed by atoms with E-state index in [2.05, 4.69) is 11.8 Å². The molecule has 1 aliphatic rings. The van der Waals surface area contributed by atoms with Crippen molar-refractivity contribution in [3.05, 3.63) is 40.6 Å². The molecule has 25 heavy (non-hydrogen) atoms. The molecule has 136 valence electrons. The lowest BCUT2D eigenvalue weighted by Gasteiger charge is -2.26. The van der Waals surface area contributed by atoms with Crippen LogP contribution in [0.25, 0.3) is 0 Å². The van der Waals surface area contributed by atoms with Crippen molar-refractivity contribution in [1.29, 1.82) is 0 Å². The van der Waals surface area contributed by atoms with Gasteiger partial charge in [-0.15, -0.1) is 0 Å². The molecule has 1 fully saturated rings. The summed E-state index contributed by atoms with van der Waals surface area (Å²) in [6.45, 7) is -0.806. The zero-order chi connectivity index (χ0) is 18.3. The van der Waals surface area contributed by atoms with Crippen molar-refractivity contribution < 1.29 is 18.0 Å². The Balaban J connectivity index is 1.87. The second-order valence-electron chi connectivity index (χ2n) is 5.91. The molecular formula is C18H19F3NO2S-. The van der Waals surface area contributed by atoms with Gasteiger partial charge in [0.15, 0.2) is 0 Å². The van der Waals surface area contributed by atoms with E-state index in [9.17, 15) is 23.2 Å². The number of hydroxylamine groups is 2. The molecule has 0 spiro atoms. The molecule has 0 heterocycles. The van der Waals surface area contributed by atoms with Crippen LogP contribution in [0.4, 0.5) is 13.2 Å². The van der Waals surface area contributed by atoms with Crippen LogP contribution in [0.15, 0.2) is 24.3 Å². The van der Waals surface area contributed by atoms with E-state index in [1.165, 1.54) is 32.1 Å². The van der Waals surface area contributed by atoms with Crippen molar-refractivity contribution in [1.82, 2.24) is 5.06 Å². The van der Waals surface area contributed by atoms with Gasteiger partial charge in [0.05, 0.1) is 6.54 Å². The zero-order valence-corrected chi connectivity index (χ0v) is 14.5. The lowest BCUT2D eigenvalue weighted by atomic mass is 10.0. The maximum Gasteiger partial charge on any atom is 0.470 e. The van der Waals surface area contributed by atoms with Gasteiger partial charge in [-0.05, 0) is 30.5 Å². The lowest BCUT2D eigenvalue weighted by Crippen LogP contribution is -2.37. The molecule has 1 aliphatic carbocycles. The summed E-state index contributed by atoms with van der Waals surface area (Å²) >= 11 is 1.92. The van der Waals surface area contributed by atoms with Crippen molar-refractivity contribution in [3.8, 4) is 11.8 Å². The minimum atomic E-state index is -5.17. The third kappa shape index (κ3) is 6.63. The largest absolute Gasteiger partial charge is 0.755 e. The van der Waals surface area contributed by atoms with Crippen LogP contribution in [0.3, 0.4) is 0 Å². The van der Waals surface area contributed by atoms with E-state index in [1.807, 2.05) is 30.0 Å². The molecule has 0 radical (unpaired) electrons. The Morgan fingerprint density at radius 3 is 2.68 bits per heavy atom. The summed E-state index contributed by atoms with van der Waals surface area (Å²) in [5.41, 5.74) is 1.71. The number of rotatable bonds is 4. The molecule has 1 aromatic carbocycles. The van der Waals surface area contributed by atoms with Crippen LogP contribution in [0.5, 0.6) is 0 Å². The van der Waals surface area contributed by atoms with E-state index >= 15 is 0 Å². The molecule has 0 aromatic heterocycles. The molecule has 0 unspecified atom stereocenters. The Morgan fingerprint density at radius 1 is 1.28 bits per heavy atom. The first-order valence-corrected chi connectivity index (χ1v) is 9.16. The second kappa shape index (κ2) is 9.16. The average Bonchev–Trinajstić information content (AvgIpc) is 2.59. The number of hydrogen-bond acceptors (Lipinski definition) is 3. The van der Waals surface area contributed by atoms with Gasteiger partial charge in [-0.25, -0.2) is 0 Å². The van der Waals surface area contributed by atoms with Crippen molar-refractivity contribution in [2.45, 2.75) is 49.3 Å². The van der Waals surface area contributed by atoms with Gasteiger partial charge < -0.3 is 10.3 Å². The van der Waals surface area contributed by atoms with E-state index < -0.39 is 23.7 Å². The molecule has 0 atom stereocenters. The minimum absolute atomic E-state index is 0.620. The van der Waals surface area contributed by atoms with Crippen LogP contribution in [0, 0.1) is 17.0 Å². The number of nitrogens with zero attached hydrogens (tertiary/aromatic N) is 1. The Hall–Kier alpha value is -1.65. The van der Waals surface area contributed by atoms with Crippen LogP contribution in [-0.2, 0) is 10.5 Å². The van der Waals surface area contributed by atoms with Crippen molar-refractivity contribution in [2.75, 3.05) is 6.54 Å². The number of halogens is 3. The van der Waals surface area contributed by atoms with Crippen molar-refractivity contribution in [3.63, 3.8) is 0 Å². The first-order valence-electron chi connectivity index (χ1n) is 8.11. The van der Waals surface area contributed by atoms with E-state index in [1.54, 1.807) is 6.07 Å². The standard InChI is InChI=1S/C18H19F3NO2S/c19-18(20,21)17(23)22(24)11-5-8-14-6-4-7-15(12-14)13-25-16-9-2-1-3-10-16/h4,6-7,12,16H,1-3,9-11,13H2/q-1. The Morgan fingerprint density at radius 2 is 2.00 bits per heavy atom.